The fourth-order valence-electron chi connectivity index (χ4n) is 3.03. The van der Waals surface area contributed by atoms with Crippen molar-refractivity contribution in [3.8, 4) is 11.4 Å². The number of nitrogens with one attached hydrogen (secondary N) is 2. The van der Waals surface area contributed by atoms with Crippen LogP contribution in [0.1, 0.15) is 26.7 Å². The summed E-state index contributed by atoms with van der Waals surface area (Å²) < 4.78 is 11.9. The Kier molecular flexibility index (Phi) is 5.91. The second-order valence-corrected chi connectivity index (χ2v) is 7.15. The van der Waals surface area contributed by atoms with Gasteiger partial charge in [-0.2, -0.15) is 0 Å². The Hall–Kier alpha value is -4.11. The predicted octanol–water partition coefficient (Wildman–Crippen LogP) is 4.34. The van der Waals surface area contributed by atoms with E-state index in [4.69, 9.17) is 20.8 Å². The van der Waals surface area contributed by atoms with Crippen LogP contribution in [0.2, 0.25) is 5.02 Å². The van der Waals surface area contributed by atoms with Gasteiger partial charge in [-0.15, -0.1) is 5.10 Å². The van der Waals surface area contributed by atoms with Crippen LogP contribution < -0.4 is 15.4 Å². The maximum Gasteiger partial charge on any atom is 0.291 e. The molecule has 0 atom stereocenters. The molecule has 2 heterocycles. The summed E-state index contributed by atoms with van der Waals surface area (Å²) in [6.07, 6.45) is 1.39. The number of carbonyl (C=O) groups is 2. The van der Waals surface area contributed by atoms with Gasteiger partial charge in [0.1, 0.15) is 5.75 Å². The summed E-state index contributed by atoms with van der Waals surface area (Å²) in [5.74, 6) is -0.193. The third kappa shape index (κ3) is 4.33. The quantitative estimate of drug-likeness (QED) is 0.451. The molecule has 0 saturated carbocycles. The molecule has 0 spiro atoms. The van der Waals surface area contributed by atoms with E-state index in [-0.39, 0.29) is 11.5 Å². The molecule has 2 aromatic heterocycles. The number of carbonyl (C=O) groups excluding carboxylic acids is 2. The van der Waals surface area contributed by atoms with E-state index in [0.717, 1.165) is 0 Å². The number of methoxy groups -OCH3 is 1. The van der Waals surface area contributed by atoms with Gasteiger partial charge in [-0.25, -0.2) is 4.68 Å². The van der Waals surface area contributed by atoms with Crippen molar-refractivity contribution < 1.29 is 18.7 Å². The first-order valence-electron chi connectivity index (χ1n) is 9.48. The molecule has 2 aromatic carbocycles. The number of anilines is 2. The highest BCUT2D eigenvalue weighted by Crippen LogP contribution is 2.27. The number of hydrogen-bond acceptors (Lipinski definition) is 6. The van der Waals surface area contributed by atoms with Crippen LogP contribution >= 0.6 is 11.6 Å². The van der Waals surface area contributed by atoms with Gasteiger partial charge in [0.2, 0.25) is 0 Å². The summed E-state index contributed by atoms with van der Waals surface area (Å²) >= 11 is 6.08. The highest BCUT2D eigenvalue weighted by Gasteiger charge is 2.20. The molecule has 0 aliphatic rings. The van der Waals surface area contributed by atoms with Crippen LogP contribution in [0.25, 0.3) is 5.69 Å². The molecule has 0 radical (unpaired) electrons. The van der Waals surface area contributed by atoms with Crippen LogP contribution in [-0.4, -0.2) is 33.9 Å². The molecule has 0 aliphatic heterocycles. The molecule has 2 amide bonds. The zero-order valence-electron chi connectivity index (χ0n) is 17.1. The molecule has 4 rings (SSSR count). The number of rotatable bonds is 6. The van der Waals surface area contributed by atoms with E-state index in [0.29, 0.717) is 33.5 Å². The highest BCUT2D eigenvalue weighted by molar-refractivity contribution is 6.31. The van der Waals surface area contributed by atoms with E-state index in [1.54, 1.807) is 43.0 Å². The smallest absolute Gasteiger partial charge is 0.291 e. The first-order chi connectivity index (χ1) is 15.5. The maximum absolute atomic E-state index is 12.9. The van der Waals surface area contributed by atoms with Gasteiger partial charge in [-0.05, 0) is 49.4 Å². The molecule has 4 aromatic rings. The molecule has 0 aliphatic carbocycles. The number of benzene rings is 2. The predicted molar refractivity (Wildman–Crippen MR) is 119 cm³/mol. The third-order valence-corrected chi connectivity index (χ3v) is 4.87. The van der Waals surface area contributed by atoms with Crippen LogP contribution in [0.4, 0.5) is 11.4 Å². The van der Waals surface area contributed by atoms with Crippen molar-refractivity contribution in [3.63, 3.8) is 0 Å². The van der Waals surface area contributed by atoms with Gasteiger partial charge in [-0.1, -0.05) is 22.9 Å². The Morgan fingerprint density at radius 2 is 1.84 bits per heavy atom. The van der Waals surface area contributed by atoms with Crippen molar-refractivity contribution in [2.45, 2.75) is 6.92 Å². The van der Waals surface area contributed by atoms with Crippen molar-refractivity contribution >= 4 is 34.8 Å². The van der Waals surface area contributed by atoms with Crippen LogP contribution in [0.15, 0.2) is 65.3 Å². The Labute approximate surface area is 187 Å². The summed E-state index contributed by atoms with van der Waals surface area (Å²) in [5, 5.41) is 13.9. The molecule has 2 N–H and O–H groups in total. The van der Waals surface area contributed by atoms with Gasteiger partial charge >= 0.3 is 0 Å². The van der Waals surface area contributed by atoms with Crippen molar-refractivity contribution in [1.82, 2.24) is 15.0 Å². The van der Waals surface area contributed by atoms with E-state index in [2.05, 4.69) is 20.9 Å². The van der Waals surface area contributed by atoms with E-state index >= 15 is 0 Å². The van der Waals surface area contributed by atoms with Crippen LogP contribution in [0.3, 0.4) is 0 Å². The lowest BCUT2D eigenvalue weighted by Gasteiger charge is -2.12. The van der Waals surface area contributed by atoms with Gasteiger partial charge in [0.15, 0.2) is 11.5 Å². The minimum absolute atomic E-state index is 0.124. The summed E-state index contributed by atoms with van der Waals surface area (Å²) in [6.45, 7) is 1.73. The number of amides is 2. The molecule has 0 unspecified atom stereocenters. The van der Waals surface area contributed by atoms with Crippen molar-refractivity contribution in [2.24, 2.45) is 0 Å². The zero-order valence-corrected chi connectivity index (χ0v) is 17.9. The van der Waals surface area contributed by atoms with Gasteiger partial charge in [-0.3, -0.25) is 9.59 Å². The van der Waals surface area contributed by atoms with Gasteiger partial charge in [0, 0.05) is 11.1 Å². The topological polar surface area (TPSA) is 111 Å². The highest BCUT2D eigenvalue weighted by atomic mass is 35.5. The first kappa shape index (κ1) is 21.1. The van der Waals surface area contributed by atoms with Gasteiger partial charge in [0.05, 0.1) is 36.1 Å². The van der Waals surface area contributed by atoms with E-state index < -0.39 is 11.8 Å². The van der Waals surface area contributed by atoms with Crippen molar-refractivity contribution in [2.75, 3.05) is 17.7 Å². The van der Waals surface area contributed by atoms with Crippen molar-refractivity contribution in [1.29, 1.82) is 0 Å². The monoisotopic (exact) mass is 451 g/mol. The lowest BCUT2D eigenvalue weighted by Crippen LogP contribution is -2.17. The van der Waals surface area contributed by atoms with Crippen LogP contribution in [-0.2, 0) is 0 Å². The maximum atomic E-state index is 12.9. The number of furan rings is 1. The molecular formula is C22H18ClN5O4. The number of hydrogen-bond donors (Lipinski definition) is 2. The summed E-state index contributed by atoms with van der Waals surface area (Å²) in [6, 6.07) is 15.1. The van der Waals surface area contributed by atoms with Gasteiger partial charge < -0.3 is 19.8 Å². The Bertz CT molecular complexity index is 1280. The van der Waals surface area contributed by atoms with E-state index in [1.165, 1.54) is 18.4 Å². The second kappa shape index (κ2) is 8.94. The Morgan fingerprint density at radius 1 is 1.03 bits per heavy atom. The van der Waals surface area contributed by atoms with Gasteiger partial charge in [0.25, 0.3) is 11.8 Å². The standard InChI is InChI=1S/C22H18ClN5O4/c1-13-20(26-27-28(13)15-5-3-6-16(12-15)31-2)22(30)24-17-9-8-14(23)11-18(17)25-21(29)19-7-4-10-32-19/h3-12H,1-2H3,(H,24,30)(H,25,29). The SMILES string of the molecule is COc1cccc(-n2nnc(C(=O)Nc3ccc(Cl)cc3NC(=O)c3ccco3)c2C)c1. The Morgan fingerprint density at radius 3 is 2.59 bits per heavy atom. The lowest BCUT2D eigenvalue weighted by atomic mass is 10.2. The summed E-state index contributed by atoms with van der Waals surface area (Å²) in [7, 11) is 1.57. The molecule has 0 bridgehead atoms. The van der Waals surface area contributed by atoms with E-state index in [1.807, 2.05) is 18.2 Å². The number of halogens is 1. The molecule has 0 fully saturated rings. The van der Waals surface area contributed by atoms with Crippen molar-refractivity contribution in [3.05, 3.63) is 83.0 Å². The molecule has 10 heteroatoms. The molecular weight excluding hydrogens is 434 g/mol. The number of ether oxygens (including phenoxy) is 1. The minimum Gasteiger partial charge on any atom is -0.497 e. The largest absolute Gasteiger partial charge is 0.497 e. The van der Waals surface area contributed by atoms with E-state index in [9.17, 15) is 9.59 Å². The normalized spacial score (nSPS) is 10.6. The fourth-order valence-corrected chi connectivity index (χ4v) is 3.20. The number of aromatic nitrogens is 3. The molecule has 9 nitrogen and oxygen atoms in total. The molecule has 32 heavy (non-hydrogen) atoms. The molecule has 162 valence electrons. The fraction of sp³-hybridized carbons (Fsp3) is 0.0909. The number of nitrogens with zero attached hydrogens (tertiary/aromatic N) is 3. The zero-order chi connectivity index (χ0) is 22.7. The summed E-state index contributed by atoms with van der Waals surface area (Å²) in [5.41, 5.74) is 2.02. The average molecular weight is 452 g/mol. The summed E-state index contributed by atoms with van der Waals surface area (Å²) in [4.78, 5) is 25.3. The first-order valence-corrected chi connectivity index (χ1v) is 9.86. The molecule has 0 saturated heterocycles. The third-order valence-electron chi connectivity index (χ3n) is 4.63. The van der Waals surface area contributed by atoms with Crippen LogP contribution in [0.5, 0.6) is 5.75 Å². The minimum atomic E-state index is -0.493. The second-order valence-electron chi connectivity index (χ2n) is 6.71. The lowest BCUT2D eigenvalue weighted by molar-refractivity contribution is 0.0992. The van der Waals surface area contributed by atoms with Crippen LogP contribution in [0, 0.1) is 6.92 Å². The Balaban J connectivity index is 1.58. The average Bonchev–Trinajstić information content (AvgIpc) is 3.46.